The van der Waals surface area contributed by atoms with E-state index < -0.39 is 0 Å². The Labute approximate surface area is 113 Å². The molecule has 0 saturated heterocycles. The number of benzene rings is 1. The Kier molecular flexibility index (Phi) is 4.48. The highest BCUT2D eigenvalue weighted by molar-refractivity contribution is 6.18. The number of oxazole rings is 1. The summed E-state index contributed by atoms with van der Waals surface area (Å²) in [5.74, 6) is 0.579. The highest BCUT2D eigenvalue weighted by atomic mass is 35.5. The molecule has 0 unspecified atom stereocenters. The zero-order valence-corrected chi connectivity index (χ0v) is 11.7. The highest BCUT2D eigenvalue weighted by Crippen LogP contribution is 2.24. The average molecular weight is 267 g/mol. The lowest BCUT2D eigenvalue weighted by Gasteiger charge is -2.28. The van der Waals surface area contributed by atoms with Crippen molar-refractivity contribution in [1.82, 2.24) is 4.98 Å². The first-order chi connectivity index (χ1) is 8.80. The summed E-state index contributed by atoms with van der Waals surface area (Å²) in [5.41, 5.74) is 1.73. The summed E-state index contributed by atoms with van der Waals surface area (Å²) >= 11 is 5.89. The number of para-hydroxylation sites is 2. The second-order valence-electron chi connectivity index (χ2n) is 4.32. The predicted octanol–water partition coefficient (Wildman–Crippen LogP) is 4.06. The number of hydrogen-bond donors (Lipinski definition) is 0. The summed E-state index contributed by atoms with van der Waals surface area (Å²) in [5, 5.41) is 0. The topological polar surface area (TPSA) is 29.3 Å². The van der Waals surface area contributed by atoms with Gasteiger partial charge in [-0.15, -0.1) is 11.6 Å². The number of fused-ring (bicyclic) bond motifs is 1. The average Bonchev–Trinajstić information content (AvgIpc) is 2.82. The molecule has 1 aromatic heterocycles. The third kappa shape index (κ3) is 2.61. The second-order valence-corrected chi connectivity index (χ2v) is 4.69. The lowest BCUT2D eigenvalue weighted by Crippen LogP contribution is -2.36. The predicted molar refractivity (Wildman–Crippen MR) is 76.4 cm³/mol. The van der Waals surface area contributed by atoms with E-state index in [0.29, 0.717) is 17.9 Å². The zero-order chi connectivity index (χ0) is 13.0. The first-order valence-electron chi connectivity index (χ1n) is 6.48. The first kappa shape index (κ1) is 13.2. The van der Waals surface area contributed by atoms with Crippen LogP contribution in [0.1, 0.15) is 26.7 Å². The summed E-state index contributed by atoms with van der Waals surface area (Å²) in [7, 11) is 0. The number of halogens is 1. The number of alkyl halides is 1. The molecule has 1 heterocycles. The molecule has 0 fully saturated rings. The minimum Gasteiger partial charge on any atom is -0.423 e. The van der Waals surface area contributed by atoms with Crippen molar-refractivity contribution in [2.75, 3.05) is 17.3 Å². The maximum atomic E-state index is 5.89. The lowest BCUT2D eigenvalue weighted by molar-refractivity contribution is 0.497. The van der Waals surface area contributed by atoms with Crippen LogP contribution in [-0.4, -0.2) is 23.5 Å². The van der Waals surface area contributed by atoms with Crippen LogP contribution in [0.5, 0.6) is 0 Å². The summed E-state index contributed by atoms with van der Waals surface area (Å²) in [4.78, 5) is 6.72. The van der Waals surface area contributed by atoms with Crippen LogP contribution in [0.2, 0.25) is 0 Å². The minimum absolute atomic E-state index is 0.428. The van der Waals surface area contributed by atoms with Crippen molar-refractivity contribution in [1.29, 1.82) is 0 Å². The van der Waals surface area contributed by atoms with E-state index in [0.717, 1.165) is 30.5 Å². The number of nitrogens with zero attached hydrogens (tertiary/aromatic N) is 2. The normalized spacial score (nSPS) is 11.3. The monoisotopic (exact) mass is 266 g/mol. The van der Waals surface area contributed by atoms with Crippen LogP contribution in [0.4, 0.5) is 6.01 Å². The van der Waals surface area contributed by atoms with Gasteiger partial charge in [0.1, 0.15) is 5.52 Å². The summed E-state index contributed by atoms with van der Waals surface area (Å²) < 4.78 is 5.82. The fraction of sp³-hybridized carbons (Fsp3) is 0.500. The van der Waals surface area contributed by atoms with Crippen molar-refractivity contribution in [2.24, 2.45) is 0 Å². The third-order valence-corrected chi connectivity index (χ3v) is 3.41. The maximum Gasteiger partial charge on any atom is 0.298 e. The molecule has 18 heavy (non-hydrogen) atoms. The molecule has 0 radical (unpaired) electrons. The van der Waals surface area contributed by atoms with Gasteiger partial charge in [0.15, 0.2) is 5.58 Å². The van der Waals surface area contributed by atoms with E-state index >= 15 is 0 Å². The molecule has 2 rings (SSSR count). The molecule has 2 aromatic rings. The maximum absolute atomic E-state index is 5.89. The fourth-order valence-corrected chi connectivity index (χ4v) is 2.42. The van der Waals surface area contributed by atoms with Gasteiger partial charge in [-0.2, -0.15) is 4.98 Å². The van der Waals surface area contributed by atoms with Crippen molar-refractivity contribution in [2.45, 2.75) is 32.7 Å². The van der Waals surface area contributed by atoms with E-state index in [4.69, 9.17) is 16.0 Å². The first-order valence-corrected chi connectivity index (χ1v) is 7.01. The largest absolute Gasteiger partial charge is 0.423 e. The smallest absolute Gasteiger partial charge is 0.298 e. The van der Waals surface area contributed by atoms with Crippen LogP contribution >= 0.6 is 11.6 Å². The Morgan fingerprint density at radius 2 is 2.00 bits per heavy atom. The fourth-order valence-electron chi connectivity index (χ4n) is 2.24. The van der Waals surface area contributed by atoms with Crippen LogP contribution in [-0.2, 0) is 0 Å². The zero-order valence-electron chi connectivity index (χ0n) is 10.9. The molecule has 0 saturated carbocycles. The van der Waals surface area contributed by atoms with Gasteiger partial charge in [-0.05, 0) is 25.0 Å². The number of hydrogen-bond acceptors (Lipinski definition) is 3. The molecule has 0 bridgehead atoms. The van der Waals surface area contributed by atoms with Crippen LogP contribution in [0, 0.1) is 0 Å². The molecule has 0 amide bonds. The molecule has 0 atom stereocenters. The Morgan fingerprint density at radius 3 is 2.61 bits per heavy atom. The molecule has 0 spiro atoms. The van der Waals surface area contributed by atoms with Crippen molar-refractivity contribution in [3.05, 3.63) is 24.3 Å². The molecule has 1 aromatic carbocycles. The van der Waals surface area contributed by atoms with E-state index in [1.54, 1.807) is 0 Å². The van der Waals surface area contributed by atoms with Gasteiger partial charge in [-0.3, -0.25) is 0 Å². The lowest BCUT2D eigenvalue weighted by atomic mass is 10.1. The van der Waals surface area contributed by atoms with Crippen molar-refractivity contribution >= 4 is 28.7 Å². The van der Waals surface area contributed by atoms with Crippen molar-refractivity contribution < 1.29 is 4.42 Å². The Morgan fingerprint density at radius 1 is 1.28 bits per heavy atom. The van der Waals surface area contributed by atoms with Crippen LogP contribution in [0.15, 0.2) is 28.7 Å². The third-order valence-electron chi connectivity index (χ3n) is 3.24. The minimum atomic E-state index is 0.428. The number of aromatic nitrogens is 1. The van der Waals surface area contributed by atoms with E-state index in [-0.39, 0.29) is 0 Å². The van der Waals surface area contributed by atoms with Crippen LogP contribution < -0.4 is 4.90 Å². The molecule has 4 heteroatoms. The van der Waals surface area contributed by atoms with Gasteiger partial charge < -0.3 is 9.32 Å². The molecule has 0 N–H and O–H groups in total. The van der Waals surface area contributed by atoms with E-state index in [1.807, 2.05) is 24.3 Å². The molecule has 0 aliphatic heterocycles. The van der Waals surface area contributed by atoms with E-state index in [9.17, 15) is 0 Å². The van der Waals surface area contributed by atoms with Gasteiger partial charge in [0.2, 0.25) is 0 Å². The van der Waals surface area contributed by atoms with Crippen LogP contribution in [0.25, 0.3) is 11.1 Å². The van der Waals surface area contributed by atoms with E-state index in [2.05, 4.69) is 23.7 Å². The van der Waals surface area contributed by atoms with Gasteiger partial charge >= 0.3 is 0 Å². The molecular weight excluding hydrogens is 248 g/mol. The van der Waals surface area contributed by atoms with Gasteiger partial charge in [0, 0.05) is 18.5 Å². The van der Waals surface area contributed by atoms with Gasteiger partial charge in [-0.25, -0.2) is 0 Å². The Balaban J connectivity index is 2.34. The second kappa shape index (κ2) is 6.10. The molecule has 98 valence electrons. The summed E-state index contributed by atoms with van der Waals surface area (Å²) in [6, 6.07) is 8.95. The Bertz CT molecular complexity index is 460. The molecular formula is C14H19ClN2O. The molecule has 0 aliphatic carbocycles. The quantitative estimate of drug-likeness (QED) is 0.739. The Hall–Kier alpha value is -1.22. The standard InChI is InChI=1S/C14H19ClN2O/c1-3-11(4-2)17(10-9-15)14-16-12-7-5-6-8-13(12)18-14/h5-8,11H,3-4,9-10H2,1-2H3. The van der Waals surface area contributed by atoms with Crippen LogP contribution in [0.3, 0.4) is 0 Å². The number of rotatable bonds is 6. The summed E-state index contributed by atoms with van der Waals surface area (Å²) in [6.07, 6.45) is 2.12. The van der Waals surface area contributed by atoms with Gasteiger partial charge in [-0.1, -0.05) is 26.0 Å². The van der Waals surface area contributed by atoms with E-state index in [1.165, 1.54) is 0 Å². The van der Waals surface area contributed by atoms with Gasteiger partial charge in [0.25, 0.3) is 6.01 Å². The van der Waals surface area contributed by atoms with Crippen molar-refractivity contribution in [3.8, 4) is 0 Å². The van der Waals surface area contributed by atoms with Gasteiger partial charge in [0.05, 0.1) is 0 Å². The molecule has 0 aliphatic rings. The summed E-state index contributed by atoms with van der Waals surface area (Å²) in [6.45, 7) is 5.12. The highest BCUT2D eigenvalue weighted by Gasteiger charge is 2.20. The molecule has 3 nitrogen and oxygen atoms in total. The van der Waals surface area contributed by atoms with Crippen molar-refractivity contribution in [3.63, 3.8) is 0 Å². The number of anilines is 1. The SMILES string of the molecule is CCC(CC)N(CCCl)c1nc2ccccc2o1.